The first-order valence-corrected chi connectivity index (χ1v) is 9.43. The van der Waals surface area contributed by atoms with Gasteiger partial charge in [0.25, 0.3) is 0 Å². The predicted octanol–water partition coefficient (Wildman–Crippen LogP) is 5.40. The Balaban J connectivity index is 1.93. The van der Waals surface area contributed by atoms with Gasteiger partial charge in [0.05, 0.1) is 36.0 Å². The number of nitriles is 1. The zero-order valence-electron chi connectivity index (χ0n) is 17.0. The summed E-state index contributed by atoms with van der Waals surface area (Å²) < 4.78 is 7.53. The van der Waals surface area contributed by atoms with E-state index in [1.807, 2.05) is 36.5 Å². The smallest absolute Gasteiger partial charge is 0.141 e. The zero-order valence-corrected chi connectivity index (χ0v) is 17.0. The molecular weight excluding hydrogens is 360 g/mol. The minimum Gasteiger partial charge on any atom is -0.495 e. The van der Waals surface area contributed by atoms with E-state index < -0.39 is 0 Å². The Kier molecular flexibility index (Phi) is 4.56. The molecule has 0 aliphatic rings. The molecule has 0 saturated heterocycles. The van der Waals surface area contributed by atoms with Crippen molar-refractivity contribution in [2.24, 2.45) is 0 Å². The fourth-order valence-corrected chi connectivity index (χ4v) is 3.55. The molecule has 0 atom stereocenters. The summed E-state index contributed by atoms with van der Waals surface area (Å²) in [6, 6.07) is 18.0. The summed E-state index contributed by atoms with van der Waals surface area (Å²) in [6.45, 7) is 6.48. The monoisotopic (exact) mass is 382 g/mol. The van der Waals surface area contributed by atoms with E-state index in [1.165, 1.54) is 0 Å². The lowest BCUT2D eigenvalue weighted by molar-refractivity contribution is 0.413. The fraction of sp³-hybridized carbons (Fsp3) is 0.208. The average Bonchev–Trinajstić information content (AvgIpc) is 3.13. The van der Waals surface area contributed by atoms with Gasteiger partial charge in [0.15, 0.2) is 0 Å². The Hall–Kier alpha value is -3.65. The van der Waals surface area contributed by atoms with Crippen LogP contribution in [0.3, 0.4) is 0 Å². The van der Waals surface area contributed by atoms with Crippen LogP contribution in [0.5, 0.6) is 5.75 Å². The van der Waals surface area contributed by atoms with E-state index in [0.717, 1.165) is 39.3 Å². The maximum absolute atomic E-state index is 9.29. The van der Waals surface area contributed by atoms with Crippen molar-refractivity contribution in [2.45, 2.75) is 26.3 Å². The van der Waals surface area contributed by atoms with Crippen molar-refractivity contribution in [3.8, 4) is 34.3 Å². The molecule has 0 saturated carbocycles. The molecule has 5 heteroatoms. The molecule has 0 aliphatic carbocycles. The Labute approximate surface area is 170 Å². The molecule has 2 heterocycles. The third-order valence-corrected chi connectivity index (χ3v) is 4.86. The van der Waals surface area contributed by atoms with Crippen LogP contribution in [0.4, 0.5) is 0 Å². The quantitative estimate of drug-likeness (QED) is 0.476. The second-order valence-corrected chi connectivity index (χ2v) is 7.95. The van der Waals surface area contributed by atoms with Crippen molar-refractivity contribution in [3.63, 3.8) is 0 Å². The molecule has 4 aromatic rings. The summed E-state index contributed by atoms with van der Waals surface area (Å²) in [5.41, 5.74) is 5.33. The predicted molar refractivity (Wildman–Crippen MR) is 115 cm³/mol. The number of hydrogen-bond acceptors (Lipinski definition) is 4. The highest BCUT2D eigenvalue weighted by molar-refractivity contribution is 5.86. The number of imidazole rings is 1. The lowest BCUT2D eigenvalue weighted by Crippen LogP contribution is -2.22. The largest absolute Gasteiger partial charge is 0.495 e. The molecule has 0 fully saturated rings. The zero-order chi connectivity index (χ0) is 20.6. The molecular formula is C24H22N4O. The first-order chi connectivity index (χ1) is 13.9. The van der Waals surface area contributed by atoms with Crippen LogP contribution in [0, 0.1) is 11.3 Å². The van der Waals surface area contributed by atoms with Gasteiger partial charge in [0, 0.05) is 22.9 Å². The van der Waals surface area contributed by atoms with Gasteiger partial charge in [-0.1, -0.05) is 18.2 Å². The van der Waals surface area contributed by atoms with E-state index in [9.17, 15) is 5.26 Å². The second kappa shape index (κ2) is 7.06. The minimum absolute atomic E-state index is 0.175. The van der Waals surface area contributed by atoms with Gasteiger partial charge in [-0.15, -0.1) is 0 Å². The van der Waals surface area contributed by atoms with E-state index in [-0.39, 0.29) is 5.54 Å². The number of pyridine rings is 1. The summed E-state index contributed by atoms with van der Waals surface area (Å²) in [4.78, 5) is 9.21. The highest BCUT2D eigenvalue weighted by Gasteiger charge is 2.23. The summed E-state index contributed by atoms with van der Waals surface area (Å²) in [7, 11) is 1.64. The van der Waals surface area contributed by atoms with E-state index in [2.05, 4.69) is 54.6 Å². The molecule has 0 amide bonds. The van der Waals surface area contributed by atoms with Crippen LogP contribution >= 0.6 is 0 Å². The lowest BCUT2D eigenvalue weighted by Gasteiger charge is -2.25. The minimum atomic E-state index is -0.175. The topological polar surface area (TPSA) is 63.7 Å². The maximum atomic E-state index is 9.29. The molecule has 2 aromatic carbocycles. The van der Waals surface area contributed by atoms with Crippen LogP contribution < -0.4 is 4.74 Å². The highest BCUT2D eigenvalue weighted by Crippen LogP contribution is 2.34. The van der Waals surface area contributed by atoms with E-state index in [1.54, 1.807) is 13.3 Å². The molecule has 0 spiro atoms. The molecule has 0 aliphatic heterocycles. The standard InChI is InChI=1S/C24H22N4O/c1-24(2,3)28-22-9-8-17(19-11-20(29-4)15-26-14-19)12-21(22)27-23(28)18-7-5-6-16(10-18)13-25/h5-12,14-15H,1-4H3. The first-order valence-electron chi connectivity index (χ1n) is 9.43. The van der Waals surface area contributed by atoms with Crippen molar-refractivity contribution in [1.82, 2.24) is 14.5 Å². The van der Waals surface area contributed by atoms with Crippen molar-refractivity contribution in [2.75, 3.05) is 7.11 Å². The number of rotatable bonds is 3. The number of fused-ring (bicyclic) bond motifs is 1. The molecule has 4 rings (SSSR count). The van der Waals surface area contributed by atoms with Crippen LogP contribution in [0.15, 0.2) is 60.9 Å². The Morgan fingerprint density at radius 1 is 0.966 bits per heavy atom. The summed E-state index contributed by atoms with van der Waals surface area (Å²) >= 11 is 0. The van der Waals surface area contributed by atoms with Crippen LogP contribution in [0.25, 0.3) is 33.5 Å². The summed E-state index contributed by atoms with van der Waals surface area (Å²) in [5, 5.41) is 9.29. The maximum Gasteiger partial charge on any atom is 0.141 e. The average molecular weight is 382 g/mol. The second-order valence-electron chi connectivity index (χ2n) is 7.95. The van der Waals surface area contributed by atoms with E-state index in [4.69, 9.17) is 9.72 Å². The van der Waals surface area contributed by atoms with Gasteiger partial charge in [0.1, 0.15) is 11.6 Å². The number of hydrogen-bond donors (Lipinski definition) is 0. The molecule has 144 valence electrons. The number of methoxy groups -OCH3 is 1. The molecule has 29 heavy (non-hydrogen) atoms. The highest BCUT2D eigenvalue weighted by atomic mass is 16.5. The number of benzene rings is 2. The van der Waals surface area contributed by atoms with Crippen molar-refractivity contribution < 1.29 is 4.74 Å². The first kappa shape index (κ1) is 18.7. The van der Waals surface area contributed by atoms with Crippen LogP contribution in [0.1, 0.15) is 26.3 Å². The van der Waals surface area contributed by atoms with Crippen molar-refractivity contribution >= 4 is 11.0 Å². The molecule has 2 aromatic heterocycles. The summed E-state index contributed by atoms with van der Waals surface area (Å²) in [5.74, 6) is 1.57. The van der Waals surface area contributed by atoms with Gasteiger partial charge in [-0.3, -0.25) is 4.98 Å². The van der Waals surface area contributed by atoms with Gasteiger partial charge < -0.3 is 9.30 Å². The van der Waals surface area contributed by atoms with Crippen LogP contribution in [-0.4, -0.2) is 21.6 Å². The van der Waals surface area contributed by atoms with Gasteiger partial charge in [-0.25, -0.2) is 4.98 Å². The van der Waals surface area contributed by atoms with Crippen LogP contribution in [0.2, 0.25) is 0 Å². The van der Waals surface area contributed by atoms with Crippen molar-refractivity contribution in [3.05, 3.63) is 66.5 Å². The third kappa shape index (κ3) is 3.45. The number of nitrogens with zero attached hydrogens (tertiary/aromatic N) is 4. The normalized spacial score (nSPS) is 11.4. The van der Waals surface area contributed by atoms with E-state index in [0.29, 0.717) is 5.56 Å². The Morgan fingerprint density at radius 3 is 2.52 bits per heavy atom. The molecule has 0 bridgehead atoms. The lowest BCUT2D eigenvalue weighted by atomic mass is 10.0. The third-order valence-electron chi connectivity index (χ3n) is 4.86. The van der Waals surface area contributed by atoms with Gasteiger partial charge in [-0.2, -0.15) is 5.26 Å². The molecule has 0 unspecified atom stereocenters. The molecule has 0 radical (unpaired) electrons. The Morgan fingerprint density at radius 2 is 1.79 bits per heavy atom. The summed E-state index contributed by atoms with van der Waals surface area (Å²) in [6.07, 6.45) is 3.51. The van der Waals surface area contributed by atoms with Crippen LogP contribution in [-0.2, 0) is 5.54 Å². The SMILES string of the molecule is COc1cncc(-c2ccc3c(c2)nc(-c2cccc(C#N)c2)n3C(C)(C)C)c1. The number of aromatic nitrogens is 3. The number of ether oxygens (including phenoxy) is 1. The molecule has 5 nitrogen and oxygen atoms in total. The fourth-order valence-electron chi connectivity index (χ4n) is 3.55. The van der Waals surface area contributed by atoms with Gasteiger partial charge in [0.2, 0.25) is 0 Å². The van der Waals surface area contributed by atoms with E-state index >= 15 is 0 Å². The molecule has 0 N–H and O–H groups in total. The van der Waals surface area contributed by atoms with Gasteiger partial charge in [-0.05, 0) is 56.7 Å². The Bertz CT molecular complexity index is 1240. The van der Waals surface area contributed by atoms with Crippen molar-refractivity contribution in [1.29, 1.82) is 5.26 Å². The van der Waals surface area contributed by atoms with Gasteiger partial charge >= 0.3 is 0 Å².